The first kappa shape index (κ1) is 14.2. The van der Waals surface area contributed by atoms with E-state index in [1.54, 1.807) is 6.07 Å². The summed E-state index contributed by atoms with van der Waals surface area (Å²) in [6, 6.07) is 4.40. The van der Waals surface area contributed by atoms with Gasteiger partial charge in [0.05, 0.1) is 0 Å². The van der Waals surface area contributed by atoms with Gasteiger partial charge in [-0.3, -0.25) is 4.79 Å². The number of hydrogen-bond donors (Lipinski definition) is 2. The minimum atomic E-state index is -0.632. The highest BCUT2D eigenvalue weighted by atomic mass is 19.1. The minimum absolute atomic E-state index is 0.171. The van der Waals surface area contributed by atoms with Gasteiger partial charge in [-0.1, -0.05) is 13.0 Å². The van der Waals surface area contributed by atoms with Gasteiger partial charge in [-0.15, -0.1) is 12.3 Å². The van der Waals surface area contributed by atoms with E-state index >= 15 is 0 Å². The Hall–Kier alpha value is -1.86. The molecule has 0 aliphatic rings. The molecule has 0 bridgehead atoms. The predicted molar refractivity (Wildman–Crippen MR) is 69.3 cm³/mol. The minimum Gasteiger partial charge on any atom is -0.366 e. The van der Waals surface area contributed by atoms with Crippen LogP contribution < -0.4 is 11.1 Å². The van der Waals surface area contributed by atoms with Crippen LogP contribution in [0.5, 0.6) is 0 Å². The van der Waals surface area contributed by atoms with E-state index in [0.717, 1.165) is 12.5 Å². The molecule has 0 saturated heterocycles. The van der Waals surface area contributed by atoms with Crippen LogP contribution in [0.25, 0.3) is 0 Å². The number of nitrogens with two attached hydrogens (primary N) is 1. The quantitative estimate of drug-likeness (QED) is 0.754. The van der Waals surface area contributed by atoms with Crippen LogP contribution in [-0.4, -0.2) is 11.9 Å². The third-order valence-electron chi connectivity index (χ3n) is 2.78. The highest BCUT2D eigenvalue weighted by Crippen LogP contribution is 2.11. The lowest BCUT2D eigenvalue weighted by atomic mass is 10.1. The zero-order valence-corrected chi connectivity index (χ0v) is 10.4. The number of primary amides is 1. The van der Waals surface area contributed by atoms with Gasteiger partial charge in [-0.2, -0.15) is 0 Å². The molecule has 1 rings (SSSR count). The van der Waals surface area contributed by atoms with Crippen LogP contribution in [-0.2, 0) is 6.54 Å². The molecule has 1 amide bonds. The molecule has 0 heterocycles. The summed E-state index contributed by atoms with van der Waals surface area (Å²) >= 11 is 0. The molecule has 3 N–H and O–H groups in total. The van der Waals surface area contributed by atoms with Gasteiger partial charge >= 0.3 is 0 Å². The molecular weight excluding hydrogens is 231 g/mol. The van der Waals surface area contributed by atoms with E-state index < -0.39 is 11.7 Å². The number of rotatable bonds is 6. The monoisotopic (exact) mass is 248 g/mol. The maximum atomic E-state index is 13.7. The Labute approximate surface area is 107 Å². The Balaban J connectivity index is 2.68. The number of terminal acetylenes is 1. The largest absolute Gasteiger partial charge is 0.366 e. The van der Waals surface area contributed by atoms with Gasteiger partial charge < -0.3 is 11.1 Å². The molecule has 96 valence electrons. The fourth-order valence-corrected chi connectivity index (χ4v) is 1.60. The Morgan fingerprint density at radius 3 is 2.83 bits per heavy atom. The van der Waals surface area contributed by atoms with Crippen molar-refractivity contribution in [2.24, 2.45) is 5.73 Å². The van der Waals surface area contributed by atoms with E-state index in [4.69, 9.17) is 12.2 Å². The number of nitrogens with one attached hydrogen (secondary N) is 1. The summed E-state index contributed by atoms with van der Waals surface area (Å²) in [5, 5.41) is 3.18. The molecule has 1 unspecified atom stereocenters. The number of amides is 1. The van der Waals surface area contributed by atoms with Gasteiger partial charge in [-0.05, 0) is 18.6 Å². The van der Waals surface area contributed by atoms with Crippen LogP contribution in [0.3, 0.4) is 0 Å². The summed E-state index contributed by atoms with van der Waals surface area (Å²) in [7, 11) is 0. The first-order valence-electron chi connectivity index (χ1n) is 5.83. The molecule has 0 radical (unpaired) electrons. The van der Waals surface area contributed by atoms with Crippen molar-refractivity contribution in [3.8, 4) is 12.3 Å². The highest BCUT2D eigenvalue weighted by Gasteiger charge is 2.09. The molecule has 1 aromatic carbocycles. The standard InChI is InChI=1S/C14H17FN2O/c1-3-5-12(4-2)17-9-11-7-6-10(14(16)18)8-13(11)15/h1,6-8,12,17H,4-5,9H2,2H3,(H2,16,18). The summed E-state index contributed by atoms with van der Waals surface area (Å²) in [4.78, 5) is 10.9. The average Bonchev–Trinajstić information content (AvgIpc) is 2.35. The second-order valence-corrected chi connectivity index (χ2v) is 4.06. The fraction of sp³-hybridized carbons (Fsp3) is 0.357. The molecule has 0 aliphatic heterocycles. The van der Waals surface area contributed by atoms with Crippen molar-refractivity contribution in [1.29, 1.82) is 0 Å². The van der Waals surface area contributed by atoms with Crippen LogP contribution in [0.1, 0.15) is 35.7 Å². The van der Waals surface area contributed by atoms with Crippen LogP contribution in [0, 0.1) is 18.2 Å². The Kier molecular flexibility index (Phi) is 5.34. The molecule has 1 atom stereocenters. The molecule has 0 fully saturated rings. The average molecular weight is 248 g/mol. The fourth-order valence-electron chi connectivity index (χ4n) is 1.60. The molecule has 0 saturated carbocycles. The lowest BCUT2D eigenvalue weighted by Gasteiger charge is -2.14. The molecule has 1 aromatic rings. The third-order valence-corrected chi connectivity index (χ3v) is 2.78. The first-order chi connectivity index (χ1) is 8.58. The summed E-state index contributed by atoms with van der Waals surface area (Å²) in [6.45, 7) is 2.40. The topological polar surface area (TPSA) is 55.1 Å². The maximum Gasteiger partial charge on any atom is 0.248 e. The maximum absolute atomic E-state index is 13.7. The van der Waals surface area contributed by atoms with E-state index in [1.165, 1.54) is 6.07 Å². The van der Waals surface area contributed by atoms with Crippen molar-refractivity contribution in [1.82, 2.24) is 5.32 Å². The Morgan fingerprint density at radius 2 is 2.33 bits per heavy atom. The van der Waals surface area contributed by atoms with Crippen molar-refractivity contribution in [2.45, 2.75) is 32.4 Å². The second kappa shape index (κ2) is 6.77. The Morgan fingerprint density at radius 1 is 1.61 bits per heavy atom. The summed E-state index contributed by atoms with van der Waals surface area (Å²) in [6.07, 6.45) is 6.73. The van der Waals surface area contributed by atoms with E-state index in [0.29, 0.717) is 18.5 Å². The number of carbonyl (C=O) groups excluding carboxylic acids is 1. The molecular formula is C14H17FN2O. The third kappa shape index (κ3) is 3.86. The van der Waals surface area contributed by atoms with Crippen molar-refractivity contribution in [3.05, 3.63) is 35.1 Å². The second-order valence-electron chi connectivity index (χ2n) is 4.06. The number of hydrogen-bond acceptors (Lipinski definition) is 2. The van der Waals surface area contributed by atoms with E-state index in [2.05, 4.69) is 11.2 Å². The Bertz CT molecular complexity index is 465. The van der Waals surface area contributed by atoms with Crippen molar-refractivity contribution in [3.63, 3.8) is 0 Å². The molecule has 18 heavy (non-hydrogen) atoms. The molecule has 0 aromatic heterocycles. The normalized spacial score (nSPS) is 11.8. The number of benzene rings is 1. The number of carbonyl (C=O) groups is 1. The molecule has 3 nitrogen and oxygen atoms in total. The van der Waals surface area contributed by atoms with Crippen LogP contribution in [0.15, 0.2) is 18.2 Å². The first-order valence-corrected chi connectivity index (χ1v) is 5.83. The zero-order chi connectivity index (χ0) is 13.5. The predicted octanol–water partition coefficient (Wildman–Crippen LogP) is 1.82. The van der Waals surface area contributed by atoms with E-state index in [-0.39, 0.29) is 11.6 Å². The van der Waals surface area contributed by atoms with Gasteiger partial charge in [0.25, 0.3) is 0 Å². The van der Waals surface area contributed by atoms with E-state index in [9.17, 15) is 9.18 Å². The summed E-state index contributed by atoms with van der Waals surface area (Å²) in [5.74, 6) is 1.51. The highest BCUT2D eigenvalue weighted by molar-refractivity contribution is 5.92. The summed E-state index contributed by atoms with van der Waals surface area (Å²) in [5.41, 5.74) is 5.74. The van der Waals surface area contributed by atoms with Gasteiger partial charge in [0.2, 0.25) is 5.91 Å². The van der Waals surface area contributed by atoms with Gasteiger partial charge in [0, 0.05) is 30.1 Å². The lowest BCUT2D eigenvalue weighted by molar-refractivity contribution is 0.1000. The molecule has 4 heteroatoms. The van der Waals surface area contributed by atoms with Crippen LogP contribution in [0.4, 0.5) is 4.39 Å². The van der Waals surface area contributed by atoms with Crippen LogP contribution >= 0.6 is 0 Å². The van der Waals surface area contributed by atoms with Gasteiger partial charge in [-0.25, -0.2) is 4.39 Å². The van der Waals surface area contributed by atoms with Crippen LogP contribution in [0.2, 0.25) is 0 Å². The van der Waals surface area contributed by atoms with E-state index in [1.807, 2.05) is 6.92 Å². The van der Waals surface area contributed by atoms with Gasteiger partial charge in [0.1, 0.15) is 5.82 Å². The van der Waals surface area contributed by atoms with Crippen molar-refractivity contribution in [2.75, 3.05) is 0 Å². The SMILES string of the molecule is C#CCC(CC)NCc1ccc(C(N)=O)cc1F. The molecule has 0 aliphatic carbocycles. The van der Waals surface area contributed by atoms with Gasteiger partial charge in [0.15, 0.2) is 0 Å². The molecule has 0 spiro atoms. The summed E-state index contributed by atoms with van der Waals surface area (Å²) < 4.78 is 13.7. The lowest BCUT2D eigenvalue weighted by Crippen LogP contribution is -2.27. The smallest absolute Gasteiger partial charge is 0.248 e. The number of halogens is 1. The zero-order valence-electron chi connectivity index (χ0n) is 10.4. The van der Waals surface area contributed by atoms with Crippen molar-refractivity contribution >= 4 is 5.91 Å². The van der Waals surface area contributed by atoms with Crippen molar-refractivity contribution < 1.29 is 9.18 Å².